The third kappa shape index (κ3) is 3.89. The van der Waals surface area contributed by atoms with Gasteiger partial charge in [-0.2, -0.15) is 0 Å². The molecule has 1 aromatic rings. The van der Waals surface area contributed by atoms with Crippen molar-refractivity contribution < 1.29 is 14.3 Å². The molecule has 0 bridgehead atoms. The van der Waals surface area contributed by atoms with Gasteiger partial charge < -0.3 is 15.8 Å². The van der Waals surface area contributed by atoms with Crippen molar-refractivity contribution >= 4 is 45.2 Å². The zero-order valence-corrected chi connectivity index (χ0v) is 12.1. The van der Waals surface area contributed by atoms with Gasteiger partial charge in [0.1, 0.15) is 0 Å². The smallest absolute Gasteiger partial charge is 0.339 e. The summed E-state index contributed by atoms with van der Waals surface area (Å²) in [6, 6.07) is 2.13. The highest BCUT2D eigenvalue weighted by Crippen LogP contribution is 2.30. The topological polar surface area (TPSA) is 81.4 Å². The molecule has 0 heterocycles. The molecule has 5 nitrogen and oxygen atoms in total. The van der Waals surface area contributed by atoms with Gasteiger partial charge in [0, 0.05) is 4.47 Å². The summed E-state index contributed by atoms with van der Waals surface area (Å²) in [4.78, 5) is 22.6. The summed E-state index contributed by atoms with van der Waals surface area (Å²) >= 11 is 9.11. The third-order valence-corrected chi connectivity index (χ3v) is 2.85. The molecule has 0 spiro atoms. The van der Waals surface area contributed by atoms with E-state index in [1.165, 1.54) is 12.1 Å². The van der Waals surface area contributed by atoms with Crippen molar-refractivity contribution in [1.82, 2.24) is 0 Å². The fourth-order valence-corrected chi connectivity index (χ4v) is 2.06. The number of hydrogen-bond acceptors (Lipinski definition) is 3. The van der Waals surface area contributed by atoms with Gasteiger partial charge in [-0.15, -0.1) is 0 Å². The Balaban J connectivity index is 3.12. The summed E-state index contributed by atoms with van der Waals surface area (Å²) in [6.45, 7) is 3.48. The predicted octanol–water partition coefficient (Wildman–Crippen LogP) is 3.16. The summed E-state index contributed by atoms with van der Waals surface area (Å²) in [5.41, 5.74) is 5.52. The molecule has 0 aliphatic carbocycles. The van der Waals surface area contributed by atoms with Crippen LogP contribution in [-0.2, 0) is 4.74 Å². The number of carbonyl (C=O) groups is 2. The first-order valence-electron chi connectivity index (χ1n) is 5.07. The van der Waals surface area contributed by atoms with Gasteiger partial charge in [-0.05, 0) is 41.9 Å². The Morgan fingerprint density at radius 2 is 2.06 bits per heavy atom. The molecule has 0 aliphatic rings. The maximum atomic E-state index is 11.8. The second-order valence-electron chi connectivity index (χ2n) is 3.76. The van der Waals surface area contributed by atoms with Crippen LogP contribution >= 0.6 is 27.5 Å². The molecule has 2 amide bonds. The van der Waals surface area contributed by atoms with Gasteiger partial charge in [0.15, 0.2) is 0 Å². The number of primary amides is 1. The van der Waals surface area contributed by atoms with Crippen molar-refractivity contribution in [2.24, 2.45) is 5.73 Å². The second kappa shape index (κ2) is 6.06. The van der Waals surface area contributed by atoms with E-state index in [0.29, 0.717) is 4.47 Å². The molecule has 0 fully saturated rings. The molecular formula is C11H12BrClN2O3. The number of urea groups is 1. The van der Waals surface area contributed by atoms with Crippen molar-refractivity contribution in [2.45, 2.75) is 20.0 Å². The number of ether oxygens (including phenoxy) is 1. The number of carbonyl (C=O) groups excluding carboxylic acids is 2. The molecule has 18 heavy (non-hydrogen) atoms. The largest absolute Gasteiger partial charge is 0.459 e. The molecule has 0 atom stereocenters. The molecule has 0 unspecified atom stereocenters. The molecule has 1 rings (SSSR count). The second-order valence-corrected chi connectivity index (χ2v) is 5.02. The fourth-order valence-electron chi connectivity index (χ4n) is 1.21. The lowest BCUT2D eigenvalue weighted by Crippen LogP contribution is -2.20. The van der Waals surface area contributed by atoms with Crippen LogP contribution in [0, 0.1) is 0 Å². The van der Waals surface area contributed by atoms with Crippen LogP contribution in [0.4, 0.5) is 10.5 Å². The van der Waals surface area contributed by atoms with Crippen molar-refractivity contribution in [3.05, 3.63) is 27.2 Å². The Bertz CT molecular complexity index is 491. The van der Waals surface area contributed by atoms with E-state index in [-0.39, 0.29) is 22.4 Å². The van der Waals surface area contributed by atoms with Gasteiger partial charge in [-0.25, -0.2) is 9.59 Å². The van der Waals surface area contributed by atoms with E-state index >= 15 is 0 Å². The number of halogens is 2. The van der Waals surface area contributed by atoms with Crippen LogP contribution < -0.4 is 11.1 Å². The number of hydrogen-bond donors (Lipinski definition) is 2. The van der Waals surface area contributed by atoms with Crippen LogP contribution in [0.25, 0.3) is 0 Å². The first-order valence-corrected chi connectivity index (χ1v) is 6.25. The molecular weight excluding hydrogens is 323 g/mol. The number of rotatable bonds is 3. The van der Waals surface area contributed by atoms with E-state index in [9.17, 15) is 9.59 Å². The SMILES string of the molecule is CC(C)OC(=O)c1cc(NC(N)=O)c(Cl)cc1Br. The van der Waals surface area contributed by atoms with E-state index in [4.69, 9.17) is 22.1 Å². The quantitative estimate of drug-likeness (QED) is 0.832. The van der Waals surface area contributed by atoms with Gasteiger partial charge in [0.25, 0.3) is 0 Å². The lowest BCUT2D eigenvalue weighted by molar-refractivity contribution is 0.0377. The van der Waals surface area contributed by atoms with Crippen LogP contribution in [0.1, 0.15) is 24.2 Å². The van der Waals surface area contributed by atoms with Gasteiger partial charge in [-0.1, -0.05) is 11.6 Å². The summed E-state index contributed by atoms with van der Waals surface area (Å²) in [5, 5.41) is 2.59. The molecule has 0 aromatic heterocycles. The minimum absolute atomic E-state index is 0.243. The van der Waals surface area contributed by atoms with Crippen LogP contribution in [0.5, 0.6) is 0 Å². The summed E-state index contributed by atoms with van der Waals surface area (Å²) < 4.78 is 5.54. The summed E-state index contributed by atoms with van der Waals surface area (Å²) in [6.07, 6.45) is -0.243. The molecule has 0 radical (unpaired) electrons. The first kappa shape index (κ1) is 14.8. The van der Waals surface area contributed by atoms with Crippen molar-refractivity contribution in [3.8, 4) is 0 Å². The monoisotopic (exact) mass is 334 g/mol. The fraction of sp³-hybridized carbons (Fsp3) is 0.273. The minimum atomic E-state index is -0.762. The van der Waals surface area contributed by atoms with Crippen LogP contribution in [0.15, 0.2) is 16.6 Å². The van der Waals surface area contributed by atoms with Crippen LogP contribution in [0.3, 0.4) is 0 Å². The van der Waals surface area contributed by atoms with Gasteiger partial charge >= 0.3 is 12.0 Å². The number of nitrogens with two attached hydrogens (primary N) is 1. The van der Waals surface area contributed by atoms with Crippen molar-refractivity contribution in [2.75, 3.05) is 5.32 Å². The Morgan fingerprint density at radius 1 is 1.44 bits per heavy atom. The highest BCUT2D eigenvalue weighted by Gasteiger charge is 2.16. The van der Waals surface area contributed by atoms with E-state index in [0.717, 1.165) is 0 Å². The zero-order chi connectivity index (χ0) is 13.9. The van der Waals surface area contributed by atoms with Gasteiger partial charge in [0.05, 0.1) is 22.4 Å². The Morgan fingerprint density at radius 3 is 2.56 bits per heavy atom. The molecule has 7 heteroatoms. The van der Waals surface area contributed by atoms with E-state index in [2.05, 4.69) is 21.2 Å². The highest BCUT2D eigenvalue weighted by atomic mass is 79.9. The highest BCUT2D eigenvalue weighted by molar-refractivity contribution is 9.10. The van der Waals surface area contributed by atoms with Crippen molar-refractivity contribution in [3.63, 3.8) is 0 Å². The van der Waals surface area contributed by atoms with Crippen molar-refractivity contribution in [1.29, 1.82) is 0 Å². The number of anilines is 1. The molecule has 0 saturated heterocycles. The average Bonchev–Trinajstić information content (AvgIpc) is 2.20. The number of benzene rings is 1. The van der Waals surface area contributed by atoms with Gasteiger partial charge in [0.2, 0.25) is 0 Å². The summed E-state index contributed by atoms with van der Waals surface area (Å²) in [7, 11) is 0. The molecule has 0 saturated carbocycles. The molecule has 3 N–H and O–H groups in total. The maximum Gasteiger partial charge on any atom is 0.339 e. The first-order chi connectivity index (χ1) is 8.31. The third-order valence-electron chi connectivity index (χ3n) is 1.88. The average molecular weight is 336 g/mol. The Hall–Kier alpha value is -1.27. The molecule has 98 valence electrons. The molecule has 0 aliphatic heterocycles. The van der Waals surface area contributed by atoms with Gasteiger partial charge in [-0.3, -0.25) is 0 Å². The van der Waals surface area contributed by atoms with E-state index in [1.807, 2.05) is 0 Å². The Kier molecular flexibility index (Phi) is 4.98. The Labute approximate surface area is 118 Å². The summed E-state index contributed by atoms with van der Waals surface area (Å²) in [5.74, 6) is -0.513. The van der Waals surface area contributed by atoms with E-state index < -0.39 is 12.0 Å². The number of amides is 2. The lowest BCUT2D eigenvalue weighted by Gasteiger charge is -2.12. The van der Waals surface area contributed by atoms with Crippen LogP contribution in [0.2, 0.25) is 5.02 Å². The maximum absolute atomic E-state index is 11.8. The standard InChI is InChI=1S/C11H12BrClN2O3/c1-5(2)18-10(16)6-3-9(15-11(14)17)8(13)4-7(6)12/h3-5H,1-2H3,(H3,14,15,17). The molecule has 1 aromatic carbocycles. The predicted molar refractivity (Wildman–Crippen MR) is 72.9 cm³/mol. The van der Waals surface area contributed by atoms with Crippen LogP contribution in [-0.4, -0.2) is 18.1 Å². The normalized spacial score (nSPS) is 10.3. The zero-order valence-electron chi connectivity index (χ0n) is 9.79. The van der Waals surface area contributed by atoms with E-state index in [1.54, 1.807) is 13.8 Å². The number of esters is 1. The number of nitrogens with one attached hydrogen (secondary N) is 1. The minimum Gasteiger partial charge on any atom is -0.459 e. The lowest BCUT2D eigenvalue weighted by atomic mass is 10.2.